The molecule has 0 saturated carbocycles. The molecule has 0 aromatic heterocycles. The molecule has 0 aliphatic heterocycles. The molecule has 0 fully saturated rings. The minimum Gasteiger partial charge on any atom is -0.352 e. The summed E-state index contributed by atoms with van der Waals surface area (Å²) in [6.45, 7) is 7.24. The van der Waals surface area contributed by atoms with Crippen LogP contribution in [0, 0.1) is 20.8 Å². The molecule has 0 bridgehead atoms. The van der Waals surface area contributed by atoms with Gasteiger partial charge in [0.15, 0.2) is 0 Å². The summed E-state index contributed by atoms with van der Waals surface area (Å²) < 4.78 is 0. The molecular formula is C13H20N2O. The molecule has 1 rings (SSSR count). The lowest BCUT2D eigenvalue weighted by atomic mass is 10.0. The van der Waals surface area contributed by atoms with Crippen LogP contribution in [0.25, 0.3) is 0 Å². The van der Waals surface area contributed by atoms with Crippen molar-refractivity contribution >= 4 is 5.91 Å². The van der Waals surface area contributed by atoms with Crippen LogP contribution in [-0.2, 0) is 11.3 Å². The Hall–Kier alpha value is -1.35. The highest BCUT2D eigenvalue weighted by Crippen LogP contribution is 2.14. The van der Waals surface area contributed by atoms with Gasteiger partial charge in [-0.25, -0.2) is 0 Å². The van der Waals surface area contributed by atoms with Crippen molar-refractivity contribution < 1.29 is 4.79 Å². The van der Waals surface area contributed by atoms with Crippen molar-refractivity contribution in [1.29, 1.82) is 0 Å². The molecule has 16 heavy (non-hydrogen) atoms. The second-order valence-electron chi connectivity index (χ2n) is 4.18. The zero-order valence-corrected chi connectivity index (χ0v) is 10.3. The van der Waals surface area contributed by atoms with Gasteiger partial charge in [0.05, 0.1) is 0 Å². The molecule has 0 unspecified atom stereocenters. The molecule has 0 spiro atoms. The number of aryl methyl sites for hydroxylation is 3. The Bertz CT molecular complexity index is 386. The number of nitrogens with two attached hydrogens (primary N) is 1. The maximum absolute atomic E-state index is 11.3. The number of rotatable bonds is 4. The fraction of sp³-hybridized carbons (Fsp3) is 0.462. The maximum Gasteiger partial charge on any atom is 0.221 e. The first-order valence-corrected chi connectivity index (χ1v) is 5.58. The Morgan fingerprint density at radius 2 is 1.81 bits per heavy atom. The Morgan fingerprint density at radius 3 is 2.44 bits per heavy atom. The highest BCUT2D eigenvalue weighted by Gasteiger charge is 2.04. The van der Waals surface area contributed by atoms with Gasteiger partial charge in [0.2, 0.25) is 5.91 Å². The van der Waals surface area contributed by atoms with E-state index in [9.17, 15) is 4.79 Å². The van der Waals surface area contributed by atoms with Crippen LogP contribution in [0.5, 0.6) is 0 Å². The van der Waals surface area contributed by atoms with Crippen LogP contribution in [-0.4, -0.2) is 12.5 Å². The van der Waals surface area contributed by atoms with E-state index in [1.54, 1.807) is 0 Å². The number of hydrogen-bond acceptors (Lipinski definition) is 2. The summed E-state index contributed by atoms with van der Waals surface area (Å²) in [5.74, 6) is 0.0140. The van der Waals surface area contributed by atoms with Crippen LogP contribution in [0.2, 0.25) is 0 Å². The minimum atomic E-state index is 0.0140. The summed E-state index contributed by atoms with van der Waals surface area (Å²) in [5.41, 5.74) is 10.2. The van der Waals surface area contributed by atoms with Crippen LogP contribution < -0.4 is 11.1 Å². The van der Waals surface area contributed by atoms with E-state index in [0.29, 0.717) is 19.5 Å². The average molecular weight is 220 g/mol. The molecule has 0 saturated heterocycles. The van der Waals surface area contributed by atoms with Crippen molar-refractivity contribution in [2.45, 2.75) is 33.7 Å². The van der Waals surface area contributed by atoms with E-state index in [-0.39, 0.29) is 5.91 Å². The quantitative estimate of drug-likeness (QED) is 0.809. The van der Waals surface area contributed by atoms with E-state index in [1.165, 1.54) is 22.3 Å². The van der Waals surface area contributed by atoms with Gasteiger partial charge in [-0.15, -0.1) is 0 Å². The van der Waals surface area contributed by atoms with Crippen LogP contribution >= 0.6 is 0 Å². The fourth-order valence-corrected chi connectivity index (χ4v) is 1.62. The molecule has 88 valence electrons. The van der Waals surface area contributed by atoms with Crippen molar-refractivity contribution in [2.24, 2.45) is 5.73 Å². The molecule has 0 radical (unpaired) electrons. The number of hydrogen-bond donors (Lipinski definition) is 2. The molecule has 0 atom stereocenters. The molecule has 0 aliphatic carbocycles. The number of nitrogens with one attached hydrogen (secondary N) is 1. The highest BCUT2D eigenvalue weighted by atomic mass is 16.1. The largest absolute Gasteiger partial charge is 0.352 e. The Labute approximate surface area is 97.0 Å². The zero-order chi connectivity index (χ0) is 12.1. The molecule has 0 aliphatic rings. The SMILES string of the molecule is Cc1cc(C)c(CNC(=O)CCN)cc1C. The first kappa shape index (κ1) is 12.7. The van der Waals surface area contributed by atoms with Gasteiger partial charge in [0.1, 0.15) is 0 Å². The van der Waals surface area contributed by atoms with Crippen LogP contribution in [0.3, 0.4) is 0 Å². The van der Waals surface area contributed by atoms with Crippen LogP contribution in [0.15, 0.2) is 12.1 Å². The number of amides is 1. The summed E-state index contributed by atoms with van der Waals surface area (Å²) >= 11 is 0. The lowest BCUT2D eigenvalue weighted by Crippen LogP contribution is -2.25. The summed E-state index contributed by atoms with van der Waals surface area (Å²) in [4.78, 5) is 11.3. The van der Waals surface area contributed by atoms with E-state index in [0.717, 1.165) is 0 Å². The van der Waals surface area contributed by atoms with Crippen molar-refractivity contribution in [2.75, 3.05) is 6.54 Å². The standard InChI is InChI=1S/C13H20N2O/c1-9-6-11(3)12(7-10(9)2)8-15-13(16)4-5-14/h6-7H,4-5,8,14H2,1-3H3,(H,15,16). The topological polar surface area (TPSA) is 55.1 Å². The van der Waals surface area contributed by atoms with Crippen molar-refractivity contribution in [3.63, 3.8) is 0 Å². The van der Waals surface area contributed by atoms with Gasteiger partial charge in [-0.05, 0) is 43.0 Å². The van der Waals surface area contributed by atoms with Crippen LogP contribution in [0.4, 0.5) is 0 Å². The Kier molecular flexibility index (Phi) is 4.50. The number of carbonyl (C=O) groups excluding carboxylic acids is 1. The molecule has 0 heterocycles. The third-order valence-corrected chi connectivity index (χ3v) is 2.80. The Morgan fingerprint density at radius 1 is 1.19 bits per heavy atom. The van der Waals surface area contributed by atoms with Gasteiger partial charge in [-0.1, -0.05) is 12.1 Å². The van der Waals surface area contributed by atoms with Crippen LogP contribution in [0.1, 0.15) is 28.7 Å². The number of carbonyl (C=O) groups is 1. The minimum absolute atomic E-state index is 0.0140. The van der Waals surface area contributed by atoms with Gasteiger partial charge in [-0.2, -0.15) is 0 Å². The van der Waals surface area contributed by atoms with Gasteiger partial charge < -0.3 is 11.1 Å². The van der Waals surface area contributed by atoms with Crippen molar-refractivity contribution in [1.82, 2.24) is 5.32 Å². The zero-order valence-electron chi connectivity index (χ0n) is 10.3. The summed E-state index contributed by atoms with van der Waals surface area (Å²) in [7, 11) is 0. The first-order chi connectivity index (χ1) is 7.54. The van der Waals surface area contributed by atoms with Gasteiger partial charge >= 0.3 is 0 Å². The molecule has 1 aromatic rings. The van der Waals surface area contributed by atoms with E-state index in [2.05, 4.69) is 38.2 Å². The Balaban J connectivity index is 2.67. The smallest absolute Gasteiger partial charge is 0.221 e. The average Bonchev–Trinajstić information content (AvgIpc) is 2.22. The maximum atomic E-state index is 11.3. The van der Waals surface area contributed by atoms with E-state index in [4.69, 9.17) is 5.73 Å². The monoisotopic (exact) mass is 220 g/mol. The lowest BCUT2D eigenvalue weighted by molar-refractivity contribution is -0.121. The van der Waals surface area contributed by atoms with Crippen molar-refractivity contribution in [3.8, 4) is 0 Å². The molecule has 1 aromatic carbocycles. The van der Waals surface area contributed by atoms with Gasteiger partial charge in [-0.3, -0.25) is 4.79 Å². The summed E-state index contributed by atoms with van der Waals surface area (Å²) in [6.07, 6.45) is 0.393. The molecule has 1 amide bonds. The fourth-order valence-electron chi connectivity index (χ4n) is 1.62. The predicted molar refractivity (Wildman–Crippen MR) is 66.2 cm³/mol. The second kappa shape index (κ2) is 5.66. The highest BCUT2D eigenvalue weighted by molar-refractivity contribution is 5.76. The van der Waals surface area contributed by atoms with Crippen molar-refractivity contribution in [3.05, 3.63) is 34.4 Å². The van der Waals surface area contributed by atoms with Gasteiger partial charge in [0.25, 0.3) is 0 Å². The summed E-state index contributed by atoms with van der Waals surface area (Å²) in [6, 6.07) is 4.28. The first-order valence-electron chi connectivity index (χ1n) is 5.58. The van der Waals surface area contributed by atoms with Gasteiger partial charge in [0, 0.05) is 19.5 Å². The lowest BCUT2D eigenvalue weighted by Gasteiger charge is -2.10. The molecule has 3 nitrogen and oxygen atoms in total. The molecule has 3 heteroatoms. The predicted octanol–water partition coefficient (Wildman–Crippen LogP) is 1.58. The third-order valence-electron chi connectivity index (χ3n) is 2.80. The van der Waals surface area contributed by atoms with E-state index < -0.39 is 0 Å². The normalized spacial score (nSPS) is 10.2. The van der Waals surface area contributed by atoms with E-state index in [1.807, 2.05) is 0 Å². The third kappa shape index (κ3) is 3.35. The molecular weight excluding hydrogens is 200 g/mol. The van der Waals surface area contributed by atoms with E-state index >= 15 is 0 Å². The molecule has 3 N–H and O–H groups in total. The summed E-state index contributed by atoms with van der Waals surface area (Å²) in [5, 5.41) is 2.87. The second-order valence-corrected chi connectivity index (χ2v) is 4.18. The number of benzene rings is 1.